The number of carbonyl (C=O) groups excluding carboxylic acids is 2. The van der Waals surface area contributed by atoms with E-state index in [1.807, 2.05) is 0 Å². The monoisotopic (exact) mass is 422 g/mol. The number of hydrogen-bond acceptors (Lipinski definition) is 6. The second-order valence-electron chi connectivity index (χ2n) is 5.71. The van der Waals surface area contributed by atoms with Crippen molar-refractivity contribution < 1.29 is 30.6 Å². The molecule has 0 bridgehead atoms. The van der Waals surface area contributed by atoms with Gasteiger partial charge in [0.2, 0.25) is 0 Å². The van der Waals surface area contributed by atoms with Crippen LogP contribution in [0.2, 0.25) is 15.2 Å². The van der Waals surface area contributed by atoms with Gasteiger partial charge in [-0.25, -0.2) is 0 Å². The van der Waals surface area contributed by atoms with Gasteiger partial charge in [0.05, 0.1) is 21.1 Å². The highest BCUT2D eigenvalue weighted by Crippen LogP contribution is 2.40. The highest BCUT2D eigenvalue weighted by molar-refractivity contribution is 6.43. The summed E-state index contributed by atoms with van der Waals surface area (Å²) in [5, 5.41) is 21.4. The third-order valence-electron chi connectivity index (χ3n) is 4.14. The molecule has 7 nitrogen and oxygen atoms in total. The number of aliphatic hydroxyl groups is 2. The van der Waals surface area contributed by atoms with Crippen molar-refractivity contribution in [3.63, 3.8) is 0 Å². The lowest BCUT2D eigenvalue weighted by Crippen LogP contribution is -2.34. The fourth-order valence-electron chi connectivity index (χ4n) is 2.91. The maximum atomic E-state index is 11.5. The van der Waals surface area contributed by atoms with Crippen molar-refractivity contribution in [1.29, 1.82) is 0 Å². The minimum Gasteiger partial charge on any atom is -0.463 e. The summed E-state index contributed by atoms with van der Waals surface area (Å²) in [6, 6.07) is 2.94. The average molecular weight is 424 g/mol. The van der Waals surface area contributed by atoms with Crippen LogP contribution in [0.15, 0.2) is 12.1 Å². The van der Waals surface area contributed by atoms with E-state index in [0.717, 1.165) is 0 Å². The quantitative estimate of drug-likeness (QED) is 0.579. The van der Waals surface area contributed by atoms with E-state index in [4.69, 9.17) is 45.6 Å². The van der Waals surface area contributed by atoms with Gasteiger partial charge in [0.25, 0.3) is 0 Å². The molecule has 0 aliphatic carbocycles. The van der Waals surface area contributed by atoms with Gasteiger partial charge in [0.1, 0.15) is 30.1 Å². The SMILES string of the molecule is [2H]CC(=O)OC[C@H]1OC(n2c(Cl)c(C=O)c3cc(Cl)c(Cl)cc32)[C@H](O)[C@@H]1O. The number of aliphatic hydroxyl groups excluding tert-OH is 2. The fraction of sp³-hybridized carbons (Fsp3) is 0.375. The number of rotatable bonds is 4. The zero-order valence-electron chi connectivity index (χ0n) is 14.1. The van der Waals surface area contributed by atoms with Crippen molar-refractivity contribution >= 4 is 58.0 Å². The number of nitrogens with zero attached hydrogens (tertiary/aromatic N) is 1. The van der Waals surface area contributed by atoms with Crippen molar-refractivity contribution in [2.75, 3.05) is 6.61 Å². The van der Waals surface area contributed by atoms with Crippen LogP contribution in [-0.2, 0) is 14.3 Å². The van der Waals surface area contributed by atoms with Crippen LogP contribution in [0.1, 0.15) is 24.9 Å². The van der Waals surface area contributed by atoms with E-state index in [9.17, 15) is 19.8 Å². The Morgan fingerprint density at radius 1 is 1.35 bits per heavy atom. The van der Waals surface area contributed by atoms with E-state index in [1.165, 1.54) is 16.7 Å². The Kier molecular flexibility index (Phi) is 5.09. The molecule has 1 aliphatic heterocycles. The highest BCUT2D eigenvalue weighted by Gasteiger charge is 2.45. The number of fused-ring (bicyclic) bond motifs is 1. The summed E-state index contributed by atoms with van der Waals surface area (Å²) in [6.45, 7) is -0.929. The van der Waals surface area contributed by atoms with Crippen LogP contribution in [-0.4, -0.2) is 52.0 Å². The van der Waals surface area contributed by atoms with Gasteiger partial charge in [-0.1, -0.05) is 34.8 Å². The number of benzene rings is 1. The Hall–Kier alpha value is -1.35. The maximum absolute atomic E-state index is 11.5. The Morgan fingerprint density at radius 3 is 2.69 bits per heavy atom. The number of aromatic nitrogens is 1. The first-order valence-corrected chi connectivity index (χ1v) is 8.53. The van der Waals surface area contributed by atoms with Gasteiger partial charge in [-0.3, -0.25) is 9.59 Å². The first-order chi connectivity index (χ1) is 12.8. The Balaban J connectivity index is 2.02. The number of carbonyl (C=O) groups is 2. The number of esters is 1. The summed E-state index contributed by atoms with van der Waals surface area (Å²) in [5.74, 6) is -0.794. The highest BCUT2D eigenvalue weighted by atomic mass is 35.5. The topological polar surface area (TPSA) is 98.0 Å². The largest absolute Gasteiger partial charge is 0.463 e. The molecule has 3 rings (SSSR count). The molecule has 2 heterocycles. The molecule has 1 aliphatic rings. The molecule has 2 aromatic rings. The molecule has 26 heavy (non-hydrogen) atoms. The lowest BCUT2D eigenvalue weighted by molar-refractivity contribution is -0.147. The van der Waals surface area contributed by atoms with Crippen molar-refractivity contribution in [2.45, 2.75) is 31.4 Å². The molecule has 1 saturated heterocycles. The van der Waals surface area contributed by atoms with Gasteiger partial charge in [-0.15, -0.1) is 0 Å². The van der Waals surface area contributed by atoms with Crippen molar-refractivity contribution in [1.82, 2.24) is 4.57 Å². The molecule has 4 atom stereocenters. The minimum absolute atomic E-state index is 0.0293. The van der Waals surface area contributed by atoms with Gasteiger partial charge in [-0.05, 0) is 12.1 Å². The van der Waals surface area contributed by atoms with Crippen LogP contribution >= 0.6 is 34.8 Å². The van der Waals surface area contributed by atoms with Crippen LogP contribution in [0.25, 0.3) is 10.9 Å². The van der Waals surface area contributed by atoms with Crippen LogP contribution in [0.3, 0.4) is 0 Å². The fourth-order valence-corrected chi connectivity index (χ4v) is 3.57. The number of hydrogen-bond donors (Lipinski definition) is 2. The summed E-state index contributed by atoms with van der Waals surface area (Å²) < 4.78 is 18.7. The van der Waals surface area contributed by atoms with E-state index in [1.54, 1.807) is 0 Å². The zero-order valence-corrected chi connectivity index (χ0v) is 15.3. The van der Waals surface area contributed by atoms with E-state index in [-0.39, 0.29) is 27.4 Å². The second-order valence-corrected chi connectivity index (χ2v) is 6.88. The van der Waals surface area contributed by atoms with Gasteiger partial charge in [-0.2, -0.15) is 0 Å². The van der Waals surface area contributed by atoms with E-state index >= 15 is 0 Å². The molecular formula is C16H14Cl3NO6. The summed E-state index contributed by atoms with van der Waals surface area (Å²) in [5.41, 5.74) is 0.496. The molecule has 140 valence electrons. The summed E-state index contributed by atoms with van der Waals surface area (Å²) in [7, 11) is 0. The molecule has 1 aromatic heterocycles. The summed E-state index contributed by atoms with van der Waals surface area (Å²) in [4.78, 5) is 22.6. The Morgan fingerprint density at radius 2 is 2.04 bits per heavy atom. The van der Waals surface area contributed by atoms with Gasteiger partial charge in [0, 0.05) is 13.7 Å². The smallest absolute Gasteiger partial charge is 0.302 e. The second kappa shape index (κ2) is 7.34. The summed E-state index contributed by atoms with van der Waals surface area (Å²) >= 11 is 18.4. The summed E-state index contributed by atoms with van der Waals surface area (Å²) in [6.07, 6.45) is -4.48. The first-order valence-electron chi connectivity index (χ1n) is 8.11. The van der Waals surface area contributed by atoms with Crippen LogP contribution < -0.4 is 0 Å². The molecule has 0 radical (unpaired) electrons. The average Bonchev–Trinajstić information content (AvgIpc) is 3.06. The molecular weight excluding hydrogens is 409 g/mol. The Labute approximate surface area is 164 Å². The van der Waals surface area contributed by atoms with Gasteiger partial charge >= 0.3 is 5.97 Å². The first kappa shape index (κ1) is 18.0. The van der Waals surface area contributed by atoms with Crippen LogP contribution in [0.4, 0.5) is 0 Å². The lowest BCUT2D eigenvalue weighted by Gasteiger charge is -2.19. The van der Waals surface area contributed by atoms with Crippen molar-refractivity contribution in [3.8, 4) is 0 Å². The Bertz CT molecular complexity index is 904. The predicted octanol–water partition coefficient (Wildman–Crippen LogP) is 2.60. The van der Waals surface area contributed by atoms with E-state index < -0.39 is 37.4 Å². The van der Waals surface area contributed by atoms with Gasteiger partial charge < -0.3 is 24.3 Å². The van der Waals surface area contributed by atoms with E-state index in [0.29, 0.717) is 17.2 Å². The zero-order chi connectivity index (χ0) is 19.9. The maximum Gasteiger partial charge on any atom is 0.302 e. The predicted molar refractivity (Wildman–Crippen MR) is 94.9 cm³/mol. The minimum atomic E-state index is -1.42. The standard InChI is InChI=1S/C16H14Cl3NO6/c1-6(22)25-5-12-13(23)14(24)16(26-12)20-11-3-10(18)9(17)2-7(11)8(4-21)15(20)19/h2-4,12-14,16,23-24H,5H2,1H3/t12-,13-,14-,16?/m1/s1/i1D. The van der Waals surface area contributed by atoms with Crippen LogP contribution in [0, 0.1) is 0 Å². The third-order valence-corrected chi connectivity index (χ3v) is 5.25. The van der Waals surface area contributed by atoms with Crippen molar-refractivity contribution in [3.05, 3.63) is 32.9 Å². The van der Waals surface area contributed by atoms with Gasteiger partial charge in [0.15, 0.2) is 12.5 Å². The molecule has 1 aromatic carbocycles. The molecule has 1 fully saturated rings. The number of aldehydes is 1. The number of halogens is 3. The number of ether oxygens (including phenoxy) is 2. The molecule has 0 amide bonds. The van der Waals surface area contributed by atoms with Crippen molar-refractivity contribution in [2.24, 2.45) is 0 Å². The normalized spacial score (nSPS) is 26.1. The van der Waals surface area contributed by atoms with E-state index in [2.05, 4.69) is 0 Å². The lowest BCUT2D eigenvalue weighted by atomic mass is 10.1. The molecule has 0 spiro atoms. The third kappa shape index (κ3) is 3.19. The van der Waals surface area contributed by atoms with Crippen LogP contribution in [0.5, 0.6) is 0 Å². The molecule has 2 N–H and O–H groups in total. The molecule has 1 unspecified atom stereocenters. The molecule has 0 saturated carbocycles. The molecule has 10 heteroatoms.